The van der Waals surface area contributed by atoms with Gasteiger partial charge in [-0.25, -0.2) is 0 Å². The maximum Gasteiger partial charge on any atom is 0.166 e. The van der Waals surface area contributed by atoms with Gasteiger partial charge in [0, 0.05) is 13.7 Å². The number of methoxy groups -OCH3 is 1. The average molecular weight is 190 g/mol. The lowest BCUT2D eigenvalue weighted by Gasteiger charge is -2.17. The van der Waals surface area contributed by atoms with Gasteiger partial charge in [-0.3, -0.25) is 0 Å². The van der Waals surface area contributed by atoms with Gasteiger partial charge in [0.05, 0.1) is 12.6 Å². The van der Waals surface area contributed by atoms with Crippen molar-refractivity contribution in [2.45, 2.75) is 26.3 Å². The number of thiocarbonyl (C=S) groups is 1. The molecule has 0 aromatic heterocycles. The molecule has 1 atom stereocenters. The summed E-state index contributed by atoms with van der Waals surface area (Å²) in [7, 11) is 1.70. The van der Waals surface area contributed by atoms with E-state index in [-0.39, 0.29) is 0 Å². The highest BCUT2D eigenvalue weighted by Gasteiger charge is 2.05. The van der Waals surface area contributed by atoms with Crippen LogP contribution in [0.4, 0.5) is 0 Å². The first kappa shape index (κ1) is 11.6. The van der Waals surface area contributed by atoms with Crippen LogP contribution in [0.2, 0.25) is 0 Å². The third-order valence-electron chi connectivity index (χ3n) is 1.53. The van der Waals surface area contributed by atoms with Crippen LogP contribution in [0.3, 0.4) is 0 Å². The number of ether oxygens (including phenoxy) is 1. The second kappa shape index (κ2) is 7.31. The number of nitrogens with one attached hydrogen (secondary N) is 2. The van der Waals surface area contributed by atoms with E-state index in [1.807, 2.05) is 6.92 Å². The normalized spacial score (nSPS) is 12.2. The van der Waals surface area contributed by atoms with E-state index in [9.17, 15) is 0 Å². The summed E-state index contributed by atoms with van der Waals surface area (Å²) in [5, 5.41) is 6.91. The molecule has 0 heterocycles. The Balaban J connectivity index is 3.61. The summed E-state index contributed by atoms with van der Waals surface area (Å²) < 4.78 is 5.02. The minimum Gasteiger partial charge on any atom is -0.383 e. The van der Waals surface area contributed by atoms with Gasteiger partial charge in [-0.15, -0.1) is 0 Å². The van der Waals surface area contributed by atoms with E-state index in [0.29, 0.717) is 17.8 Å². The molecule has 0 aromatic carbocycles. The smallest absolute Gasteiger partial charge is 0.166 e. The molecule has 0 fully saturated rings. The summed E-state index contributed by atoms with van der Waals surface area (Å²) in [6, 6.07) is 0.321. The van der Waals surface area contributed by atoms with Gasteiger partial charge in [0.25, 0.3) is 0 Å². The number of rotatable bonds is 5. The first-order valence-corrected chi connectivity index (χ1v) is 4.68. The van der Waals surface area contributed by atoms with Crippen LogP contribution >= 0.6 is 12.2 Å². The van der Waals surface area contributed by atoms with Crippen molar-refractivity contribution in [3.63, 3.8) is 0 Å². The zero-order valence-electron chi connectivity index (χ0n) is 8.02. The predicted octanol–water partition coefficient (Wildman–Crippen LogP) is 0.895. The Morgan fingerprint density at radius 1 is 1.50 bits per heavy atom. The zero-order valence-corrected chi connectivity index (χ0v) is 8.83. The lowest BCUT2D eigenvalue weighted by Crippen LogP contribution is -2.43. The molecule has 0 saturated heterocycles. The SMILES string of the molecule is CCNC(=S)NC(CC)COC. The first-order valence-electron chi connectivity index (χ1n) is 4.27. The molecule has 0 aliphatic carbocycles. The Labute approximate surface area is 79.9 Å². The number of hydrogen-bond acceptors (Lipinski definition) is 2. The zero-order chi connectivity index (χ0) is 9.40. The van der Waals surface area contributed by atoms with Crippen molar-refractivity contribution in [2.24, 2.45) is 0 Å². The van der Waals surface area contributed by atoms with Gasteiger partial charge < -0.3 is 15.4 Å². The Kier molecular flexibility index (Phi) is 7.09. The van der Waals surface area contributed by atoms with Crippen molar-refractivity contribution in [3.8, 4) is 0 Å². The fraction of sp³-hybridized carbons (Fsp3) is 0.875. The van der Waals surface area contributed by atoms with E-state index in [1.54, 1.807) is 7.11 Å². The van der Waals surface area contributed by atoms with Crippen molar-refractivity contribution in [3.05, 3.63) is 0 Å². The Bertz CT molecular complexity index is 130. The molecule has 3 nitrogen and oxygen atoms in total. The van der Waals surface area contributed by atoms with Crippen LogP contribution < -0.4 is 10.6 Å². The fourth-order valence-electron chi connectivity index (χ4n) is 0.860. The van der Waals surface area contributed by atoms with Crippen molar-refractivity contribution in [1.29, 1.82) is 0 Å². The second-order valence-corrected chi connectivity index (χ2v) is 2.97. The van der Waals surface area contributed by atoms with E-state index in [4.69, 9.17) is 17.0 Å². The standard InChI is InChI=1S/C8H18N2OS/c1-4-7(6-11-3)10-8(12)9-5-2/h7H,4-6H2,1-3H3,(H2,9,10,12). The molecule has 0 spiro atoms. The van der Waals surface area contributed by atoms with Crippen LogP contribution in [-0.2, 0) is 4.74 Å². The molecule has 0 aliphatic heterocycles. The summed E-state index contributed by atoms with van der Waals surface area (Å²) in [6.45, 7) is 5.67. The minimum absolute atomic E-state index is 0.321. The third kappa shape index (κ3) is 5.32. The van der Waals surface area contributed by atoms with E-state index >= 15 is 0 Å². The van der Waals surface area contributed by atoms with Gasteiger partial charge in [-0.1, -0.05) is 6.92 Å². The molecule has 0 amide bonds. The molecular formula is C8H18N2OS. The minimum atomic E-state index is 0.321. The van der Waals surface area contributed by atoms with Gasteiger partial charge >= 0.3 is 0 Å². The van der Waals surface area contributed by atoms with Gasteiger partial charge in [-0.05, 0) is 25.6 Å². The van der Waals surface area contributed by atoms with E-state index in [1.165, 1.54) is 0 Å². The van der Waals surface area contributed by atoms with Gasteiger partial charge in [0.15, 0.2) is 5.11 Å². The summed E-state index contributed by atoms with van der Waals surface area (Å²) >= 11 is 5.03. The fourth-order valence-corrected chi connectivity index (χ4v) is 1.17. The van der Waals surface area contributed by atoms with E-state index < -0.39 is 0 Å². The Hall–Kier alpha value is -0.350. The highest BCUT2D eigenvalue weighted by molar-refractivity contribution is 7.80. The molecule has 0 radical (unpaired) electrons. The van der Waals surface area contributed by atoms with Gasteiger partial charge in [-0.2, -0.15) is 0 Å². The molecule has 72 valence electrons. The van der Waals surface area contributed by atoms with Crippen LogP contribution in [0, 0.1) is 0 Å². The van der Waals surface area contributed by atoms with Crippen molar-refractivity contribution >= 4 is 17.3 Å². The average Bonchev–Trinajstić information content (AvgIpc) is 2.04. The highest BCUT2D eigenvalue weighted by Crippen LogP contribution is 1.90. The monoisotopic (exact) mass is 190 g/mol. The molecule has 12 heavy (non-hydrogen) atoms. The van der Waals surface area contributed by atoms with Crippen molar-refractivity contribution in [2.75, 3.05) is 20.3 Å². The maximum absolute atomic E-state index is 5.03. The van der Waals surface area contributed by atoms with Gasteiger partial charge in [0.1, 0.15) is 0 Å². The third-order valence-corrected chi connectivity index (χ3v) is 1.80. The van der Waals surface area contributed by atoms with Crippen LogP contribution in [0.15, 0.2) is 0 Å². The van der Waals surface area contributed by atoms with Crippen LogP contribution in [0.1, 0.15) is 20.3 Å². The largest absolute Gasteiger partial charge is 0.383 e. The quantitative estimate of drug-likeness (QED) is 0.631. The molecule has 0 aliphatic rings. The molecule has 0 saturated carbocycles. The second-order valence-electron chi connectivity index (χ2n) is 2.56. The molecule has 4 heteroatoms. The summed E-state index contributed by atoms with van der Waals surface area (Å²) in [5.74, 6) is 0. The van der Waals surface area contributed by atoms with Crippen LogP contribution in [-0.4, -0.2) is 31.4 Å². The van der Waals surface area contributed by atoms with Gasteiger partial charge in [0.2, 0.25) is 0 Å². The predicted molar refractivity (Wildman–Crippen MR) is 55.4 cm³/mol. The summed E-state index contributed by atoms with van der Waals surface area (Å²) in [6.07, 6.45) is 1.01. The number of hydrogen-bond donors (Lipinski definition) is 2. The lowest BCUT2D eigenvalue weighted by atomic mass is 10.2. The molecule has 2 N–H and O–H groups in total. The molecular weight excluding hydrogens is 172 g/mol. The highest BCUT2D eigenvalue weighted by atomic mass is 32.1. The Morgan fingerprint density at radius 3 is 2.58 bits per heavy atom. The van der Waals surface area contributed by atoms with Crippen LogP contribution in [0.5, 0.6) is 0 Å². The summed E-state index contributed by atoms with van der Waals surface area (Å²) in [4.78, 5) is 0. The van der Waals surface area contributed by atoms with E-state index in [0.717, 1.165) is 13.0 Å². The van der Waals surface area contributed by atoms with Crippen LogP contribution in [0.25, 0.3) is 0 Å². The first-order chi connectivity index (χ1) is 5.74. The molecule has 0 rings (SSSR count). The molecule has 1 unspecified atom stereocenters. The molecule has 0 aromatic rings. The lowest BCUT2D eigenvalue weighted by molar-refractivity contribution is 0.172. The van der Waals surface area contributed by atoms with Crippen molar-refractivity contribution in [1.82, 2.24) is 10.6 Å². The Morgan fingerprint density at radius 2 is 2.17 bits per heavy atom. The molecule has 0 bridgehead atoms. The maximum atomic E-state index is 5.03. The summed E-state index contributed by atoms with van der Waals surface area (Å²) in [5.41, 5.74) is 0. The topological polar surface area (TPSA) is 33.3 Å². The van der Waals surface area contributed by atoms with E-state index in [2.05, 4.69) is 17.6 Å². The van der Waals surface area contributed by atoms with Crippen molar-refractivity contribution < 1.29 is 4.74 Å².